The van der Waals surface area contributed by atoms with Gasteiger partial charge in [0.25, 0.3) is 0 Å². The third kappa shape index (κ3) is 3.70. The number of rotatable bonds is 4. The van der Waals surface area contributed by atoms with Crippen molar-refractivity contribution in [3.8, 4) is 0 Å². The van der Waals surface area contributed by atoms with Crippen molar-refractivity contribution in [1.82, 2.24) is 10.2 Å². The van der Waals surface area contributed by atoms with E-state index >= 15 is 0 Å². The molecule has 2 aliphatic rings. The molecule has 3 rings (SSSR count). The van der Waals surface area contributed by atoms with Crippen molar-refractivity contribution in [1.29, 1.82) is 0 Å². The van der Waals surface area contributed by atoms with Crippen LogP contribution < -0.4 is 5.32 Å². The van der Waals surface area contributed by atoms with Gasteiger partial charge in [-0.05, 0) is 50.3 Å². The van der Waals surface area contributed by atoms with Gasteiger partial charge >= 0.3 is 0 Å². The predicted molar refractivity (Wildman–Crippen MR) is 99.4 cm³/mol. The molecule has 142 valence electrons. The van der Waals surface area contributed by atoms with Gasteiger partial charge in [0.2, 0.25) is 11.8 Å². The van der Waals surface area contributed by atoms with Crippen LogP contribution in [0.3, 0.4) is 0 Å². The normalized spacial score (nSPS) is 25.0. The van der Waals surface area contributed by atoms with E-state index in [1.807, 2.05) is 0 Å². The lowest BCUT2D eigenvalue weighted by Crippen LogP contribution is -2.46. The summed E-state index contributed by atoms with van der Waals surface area (Å²) < 4.78 is 12.6. The second kappa shape index (κ2) is 7.01. The molecular formula is C19H23Cl2FN2O2. The van der Waals surface area contributed by atoms with Gasteiger partial charge in [0.15, 0.2) is 0 Å². The minimum absolute atomic E-state index is 0.0310. The van der Waals surface area contributed by atoms with E-state index in [0.717, 1.165) is 5.56 Å². The fourth-order valence-corrected chi connectivity index (χ4v) is 4.10. The summed E-state index contributed by atoms with van der Waals surface area (Å²) in [5.41, 5.74) is 0.608. The zero-order chi connectivity index (χ0) is 19.1. The lowest BCUT2D eigenvalue weighted by Gasteiger charge is -2.33. The van der Waals surface area contributed by atoms with Crippen molar-refractivity contribution in [2.24, 2.45) is 11.3 Å². The Morgan fingerprint density at radius 2 is 1.92 bits per heavy atom. The molecule has 0 unspecified atom stereocenters. The molecule has 1 saturated carbocycles. The highest BCUT2D eigenvalue weighted by Crippen LogP contribution is 2.64. The Kier molecular flexibility index (Phi) is 5.24. The molecule has 1 N–H and O–H groups in total. The Bertz CT molecular complexity index is 732. The zero-order valence-electron chi connectivity index (χ0n) is 14.9. The van der Waals surface area contributed by atoms with Crippen LogP contribution in [0.5, 0.6) is 0 Å². The molecule has 1 aromatic carbocycles. The zero-order valence-corrected chi connectivity index (χ0v) is 16.5. The minimum Gasteiger partial charge on any atom is -0.352 e. The molecule has 2 amide bonds. The van der Waals surface area contributed by atoms with Crippen molar-refractivity contribution < 1.29 is 14.0 Å². The van der Waals surface area contributed by atoms with Gasteiger partial charge in [-0.25, -0.2) is 4.39 Å². The first-order valence-electron chi connectivity index (χ1n) is 8.84. The highest BCUT2D eigenvalue weighted by molar-refractivity contribution is 6.53. The summed E-state index contributed by atoms with van der Waals surface area (Å²) in [6, 6.07) is 4.95. The van der Waals surface area contributed by atoms with E-state index in [0.29, 0.717) is 44.5 Å². The second-order valence-corrected chi connectivity index (χ2v) is 9.07. The molecule has 1 heterocycles. The maximum Gasteiger partial charge on any atom is 0.231 e. The van der Waals surface area contributed by atoms with Gasteiger partial charge in [0.05, 0.1) is 5.41 Å². The summed E-state index contributed by atoms with van der Waals surface area (Å²) in [7, 11) is 0. The van der Waals surface area contributed by atoms with Crippen molar-refractivity contribution >= 4 is 35.0 Å². The van der Waals surface area contributed by atoms with Crippen LogP contribution in [0.15, 0.2) is 18.2 Å². The fourth-order valence-electron chi connectivity index (χ4n) is 3.41. The second-order valence-electron chi connectivity index (χ2n) is 7.58. The van der Waals surface area contributed by atoms with Crippen LogP contribution in [0.2, 0.25) is 0 Å². The van der Waals surface area contributed by atoms with Gasteiger partial charge in [0.1, 0.15) is 10.2 Å². The topological polar surface area (TPSA) is 49.4 Å². The lowest BCUT2D eigenvalue weighted by atomic mass is 9.94. The van der Waals surface area contributed by atoms with Crippen LogP contribution in [0, 0.1) is 24.1 Å². The van der Waals surface area contributed by atoms with Crippen LogP contribution in [-0.4, -0.2) is 34.1 Å². The molecule has 0 radical (unpaired) electrons. The average Bonchev–Trinajstić information content (AvgIpc) is 3.14. The molecule has 1 aliphatic carbocycles. The fraction of sp³-hybridized carbons (Fsp3) is 0.579. The molecule has 7 heteroatoms. The van der Waals surface area contributed by atoms with Crippen LogP contribution in [0.1, 0.15) is 37.3 Å². The van der Waals surface area contributed by atoms with E-state index in [1.54, 1.807) is 30.9 Å². The van der Waals surface area contributed by atoms with Crippen molar-refractivity contribution in [3.05, 3.63) is 35.1 Å². The Morgan fingerprint density at radius 1 is 1.31 bits per heavy atom. The molecule has 0 aromatic heterocycles. The SMILES string of the molecule is Cc1ccc(CNC(=O)C2CCN(C(=O)[C@]3(C)CC3(Cl)Cl)CC2)cc1F. The summed E-state index contributed by atoms with van der Waals surface area (Å²) in [4.78, 5) is 26.7. The number of nitrogens with zero attached hydrogens (tertiary/aromatic N) is 1. The van der Waals surface area contributed by atoms with E-state index in [1.165, 1.54) is 6.07 Å². The van der Waals surface area contributed by atoms with E-state index in [9.17, 15) is 14.0 Å². The first-order valence-corrected chi connectivity index (χ1v) is 9.59. The van der Waals surface area contributed by atoms with E-state index in [2.05, 4.69) is 5.32 Å². The molecular weight excluding hydrogens is 378 g/mol. The third-order valence-corrected chi connectivity index (χ3v) is 6.69. The Morgan fingerprint density at radius 3 is 2.46 bits per heavy atom. The van der Waals surface area contributed by atoms with Gasteiger partial charge in [-0.3, -0.25) is 9.59 Å². The van der Waals surface area contributed by atoms with Crippen molar-refractivity contribution in [2.75, 3.05) is 13.1 Å². The molecule has 4 nitrogen and oxygen atoms in total. The van der Waals surface area contributed by atoms with Gasteiger partial charge < -0.3 is 10.2 Å². The molecule has 2 fully saturated rings. The summed E-state index contributed by atoms with van der Waals surface area (Å²) in [6.07, 6.45) is 1.68. The van der Waals surface area contributed by atoms with Gasteiger partial charge in [0, 0.05) is 25.6 Å². The first-order chi connectivity index (χ1) is 12.1. The summed E-state index contributed by atoms with van der Waals surface area (Å²) in [5.74, 6) is -0.499. The summed E-state index contributed by atoms with van der Waals surface area (Å²) in [6.45, 7) is 4.83. The smallest absolute Gasteiger partial charge is 0.231 e. The van der Waals surface area contributed by atoms with Gasteiger partial charge in [-0.15, -0.1) is 23.2 Å². The van der Waals surface area contributed by atoms with Crippen LogP contribution in [-0.2, 0) is 16.1 Å². The first kappa shape index (κ1) is 19.4. The number of carbonyl (C=O) groups excluding carboxylic acids is 2. The lowest BCUT2D eigenvalue weighted by molar-refractivity contribution is -0.140. The molecule has 1 aliphatic heterocycles. The monoisotopic (exact) mass is 400 g/mol. The maximum absolute atomic E-state index is 13.6. The minimum atomic E-state index is -0.971. The molecule has 1 aromatic rings. The van der Waals surface area contributed by atoms with Gasteiger partial charge in [-0.1, -0.05) is 12.1 Å². The molecule has 0 bridgehead atoms. The predicted octanol–water partition coefficient (Wildman–Crippen LogP) is 3.57. The standard InChI is InChI=1S/C19H23Cl2FN2O2/c1-12-3-4-13(9-15(12)22)10-23-16(25)14-5-7-24(8-6-14)17(26)18(2)11-19(18,20)21/h3-4,9,14H,5-8,10-11H2,1-2H3,(H,23,25)/t18-/m0/s1. The highest BCUT2D eigenvalue weighted by atomic mass is 35.5. The van der Waals surface area contributed by atoms with Crippen molar-refractivity contribution in [3.63, 3.8) is 0 Å². The van der Waals surface area contributed by atoms with Crippen LogP contribution in [0.25, 0.3) is 0 Å². The number of benzene rings is 1. The number of piperidine rings is 1. The average molecular weight is 401 g/mol. The van der Waals surface area contributed by atoms with E-state index in [-0.39, 0.29) is 23.5 Å². The number of halogens is 3. The Hall–Kier alpha value is -1.33. The quantitative estimate of drug-likeness (QED) is 0.785. The summed E-state index contributed by atoms with van der Waals surface area (Å²) in [5, 5.41) is 2.86. The molecule has 26 heavy (non-hydrogen) atoms. The Labute approximate surface area is 163 Å². The molecule has 0 spiro atoms. The molecule has 1 saturated heterocycles. The number of alkyl halides is 2. The number of hydrogen-bond acceptors (Lipinski definition) is 2. The third-order valence-electron chi connectivity index (χ3n) is 5.59. The van der Waals surface area contributed by atoms with E-state index in [4.69, 9.17) is 23.2 Å². The molecule has 1 atom stereocenters. The summed E-state index contributed by atoms with van der Waals surface area (Å²) >= 11 is 12.2. The highest BCUT2D eigenvalue weighted by Gasteiger charge is 2.68. The number of likely N-dealkylation sites (tertiary alicyclic amines) is 1. The number of nitrogens with one attached hydrogen (secondary N) is 1. The van der Waals surface area contributed by atoms with Crippen LogP contribution >= 0.6 is 23.2 Å². The maximum atomic E-state index is 13.6. The van der Waals surface area contributed by atoms with E-state index < -0.39 is 9.75 Å². The Balaban J connectivity index is 1.48. The largest absolute Gasteiger partial charge is 0.352 e. The number of hydrogen-bond donors (Lipinski definition) is 1. The van der Waals surface area contributed by atoms with Gasteiger partial charge in [-0.2, -0.15) is 0 Å². The van der Waals surface area contributed by atoms with Crippen LogP contribution in [0.4, 0.5) is 4.39 Å². The number of aryl methyl sites for hydroxylation is 1. The number of amides is 2. The number of carbonyl (C=O) groups is 2. The van der Waals surface area contributed by atoms with Crippen molar-refractivity contribution in [2.45, 2.75) is 44.0 Å².